The molecule has 1 rings (SSSR count). The van der Waals surface area contributed by atoms with Gasteiger partial charge in [0.2, 0.25) is 0 Å². The van der Waals surface area contributed by atoms with Crippen LogP contribution in [0.1, 0.15) is 78.6 Å². The van der Waals surface area contributed by atoms with Gasteiger partial charge in [0.1, 0.15) is 5.60 Å². The van der Waals surface area contributed by atoms with Gasteiger partial charge in [-0.2, -0.15) is 0 Å². The zero-order valence-electron chi connectivity index (χ0n) is 12.4. The number of rotatable bonds is 7. The van der Waals surface area contributed by atoms with E-state index in [1.807, 2.05) is 0 Å². The topological polar surface area (TPSA) is 37.3 Å². The van der Waals surface area contributed by atoms with Gasteiger partial charge in [-0.25, -0.2) is 0 Å². The van der Waals surface area contributed by atoms with Crippen LogP contribution in [-0.2, 0) is 4.79 Å². The maximum atomic E-state index is 12.3. The third-order valence-corrected chi connectivity index (χ3v) is 4.64. The van der Waals surface area contributed by atoms with Gasteiger partial charge in [-0.3, -0.25) is 4.79 Å². The lowest BCUT2D eigenvalue weighted by Gasteiger charge is -2.34. The molecule has 0 spiro atoms. The SMILES string of the molecule is CCCCC(CC)CC(=O)C1(O)CCC(C)CC1. The Labute approximate surface area is 112 Å². The lowest BCUT2D eigenvalue weighted by atomic mass is 9.75. The summed E-state index contributed by atoms with van der Waals surface area (Å²) in [6.45, 7) is 6.55. The predicted molar refractivity (Wildman–Crippen MR) is 75.5 cm³/mol. The van der Waals surface area contributed by atoms with E-state index in [9.17, 15) is 9.90 Å². The van der Waals surface area contributed by atoms with Crippen molar-refractivity contribution < 1.29 is 9.90 Å². The van der Waals surface area contributed by atoms with Crippen molar-refractivity contribution in [3.8, 4) is 0 Å². The molecule has 0 aromatic heterocycles. The van der Waals surface area contributed by atoms with Crippen LogP contribution >= 0.6 is 0 Å². The molecule has 0 aromatic carbocycles. The summed E-state index contributed by atoms with van der Waals surface area (Å²) in [5.41, 5.74) is -0.994. The minimum Gasteiger partial charge on any atom is -0.382 e. The summed E-state index contributed by atoms with van der Waals surface area (Å²) in [5.74, 6) is 1.25. The van der Waals surface area contributed by atoms with Crippen LogP contribution < -0.4 is 0 Å². The van der Waals surface area contributed by atoms with E-state index >= 15 is 0 Å². The molecule has 0 bridgehead atoms. The van der Waals surface area contributed by atoms with Gasteiger partial charge < -0.3 is 5.11 Å². The quantitative estimate of drug-likeness (QED) is 0.742. The van der Waals surface area contributed by atoms with Gasteiger partial charge in [0.05, 0.1) is 0 Å². The fourth-order valence-corrected chi connectivity index (χ4v) is 2.91. The number of hydrogen-bond donors (Lipinski definition) is 1. The van der Waals surface area contributed by atoms with Crippen LogP contribution in [0.25, 0.3) is 0 Å². The summed E-state index contributed by atoms with van der Waals surface area (Å²) in [6, 6.07) is 0. The lowest BCUT2D eigenvalue weighted by molar-refractivity contribution is -0.142. The van der Waals surface area contributed by atoms with E-state index in [1.54, 1.807) is 0 Å². The highest BCUT2D eigenvalue weighted by Gasteiger charge is 2.38. The van der Waals surface area contributed by atoms with Crippen molar-refractivity contribution in [2.75, 3.05) is 0 Å². The molecule has 0 aromatic rings. The van der Waals surface area contributed by atoms with Gasteiger partial charge in [-0.15, -0.1) is 0 Å². The molecule has 1 aliphatic carbocycles. The fourth-order valence-electron chi connectivity index (χ4n) is 2.91. The van der Waals surface area contributed by atoms with Crippen molar-refractivity contribution in [3.63, 3.8) is 0 Å². The monoisotopic (exact) mass is 254 g/mol. The van der Waals surface area contributed by atoms with Crippen molar-refractivity contribution in [3.05, 3.63) is 0 Å². The standard InChI is InChI=1S/C16H30O2/c1-4-6-7-14(5-2)12-15(17)16(18)10-8-13(3)9-11-16/h13-14,18H,4-12H2,1-3H3. The van der Waals surface area contributed by atoms with E-state index in [0.717, 1.165) is 25.7 Å². The Balaban J connectivity index is 2.47. The van der Waals surface area contributed by atoms with E-state index < -0.39 is 5.60 Å². The maximum Gasteiger partial charge on any atom is 0.164 e. The second-order valence-electron chi connectivity index (χ2n) is 6.26. The highest BCUT2D eigenvalue weighted by molar-refractivity contribution is 5.87. The van der Waals surface area contributed by atoms with Crippen molar-refractivity contribution in [2.45, 2.75) is 84.2 Å². The molecule has 1 N–H and O–H groups in total. The van der Waals surface area contributed by atoms with E-state index in [2.05, 4.69) is 20.8 Å². The minimum absolute atomic E-state index is 0.109. The largest absolute Gasteiger partial charge is 0.382 e. The fraction of sp³-hybridized carbons (Fsp3) is 0.938. The highest BCUT2D eigenvalue weighted by atomic mass is 16.3. The number of aliphatic hydroxyl groups is 1. The van der Waals surface area contributed by atoms with Crippen molar-refractivity contribution in [1.29, 1.82) is 0 Å². The molecule has 0 heterocycles. The number of ketones is 1. The van der Waals surface area contributed by atoms with Crippen molar-refractivity contribution in [1.82, 2.24) is 0 Å². The number of Topliss-reactive ketones (excluding diaryl/α,β-unsaturated/α-hetero) is 1. The Bertz CT molecular complexity index is 252. The molecule has 18 heavy (non-hydrogen) atoms. The van der Waals surface area contributed by atoms with E-state index in [1.165, 1.54) is 12.8 Å². The summed E-state index contributed by atoms with van der Waals surface area (Å²) in [7, 11) is 0. The average molecular weight is 254 g/mol. The first-order chi connectivity index (χ1) is 8.51. The Hall–Kier alpha value is -0.370. The molecule has 1 fully saturated rings. The molecule has 1 saturated carbocycles. The van der Waals surface area contributed by atoms with Crippen LogP contribution in [0.15, 0.2) is 0 Å². The molecule has 2 heteroatoms. The molecular formula is C16H30O2. The molecular weight excluding hydrogens is 224 g/mol. The molecule has 0 amide bonds. The van der Waals surface area contributed by atoms with Gasteiger partial charge in [0.25, 0.3) is 0 Å². The van der Waals surface area contributed by atoms with Crippen LogP contribution in [-0.4, -0.2) is 16.5 Å². The Kier molecular flexibility index (Phi) is 6.34. The Morgan fingerprint density at radius 3 is 2.44 bits per heavy atom. The first kappa shape index (κ1) is 15.7. The normalized spacial score (nSPS) is 30.1. The lowest BCUT2D eigenvalue weighted by Crippen LogP contribution is -2.42. The molecule has 0 radical (unpaired) electrons. The Morgan fingerprint density at radius 1 is 1.33 bits per heavy atom. The van der Waals surface area contributed by atoms with E-state index in [0.29, 0.717) is 31.1 Å². The third kappa shape index (κ3) is 4.38. The summed E-state index contributed by atoms with van der Waals surface area (Å²) >= 11 is 0. The number of hydrogen-bond acceptors (Lipinski definition) is 2. The van der Waals surface area contributed by atoms with Crippen LogP contribution in [0.2, 0.25) is 0 Å². The molecule has 1 unspecified atom stereocenters. The number of unbranched alkanes of at least 4 members (excludes halogenated alkanes) is 1. The molecule has 1 aliphatic rings. The summed E-state index contributed by atoms with van der Waals surface area (Å²) in [4.78, 5) is 12.3. The third-order valence-electron chi connectivity index (χ3n) is 4.64. The molecule has 2 nitrogen and oxygen atoms in total. The van der Waals surface area contributed by atoms with E-state index in [4.69, 9.17) is 0 Å². The molecule has 0 aliphatic heterocycles. The minimum atomic E-state index is -0.994. The second kappa shape index (κ2) is 7.28. The van der Waals surface area contributed by atoms with Crippen LogP contribution in [0.4, 0.5) is 0 Å². The predicted octanol–water partition coefficient (Wildman–Crippen LogP) is 4.10. The second-order valence-corrected chi connectivity index (χ2v) is 6.26. The zero-order valence-corrected chi connectivity index (χ0v) is 12.4. The van der Waals surface area contributed by atoms with Crippen LogP contribution in [0.3, 0.4) is 0 Å². The number of carbonyl (C=O) groups excluding carboxylic acids is 1. The van der Waals surface area contributed by atoms with Gasteiger partial charge in [0, 0.05) is 6.42 Å². The van der Waals surface area contributed by atoms with Gasteiger partial charge in [-0.1, -0.05) is 46.5 Å². The van der Waals surface area contributed by atoms with Crippen LogP contribution in [0.5, 0.6) is 0 Å². The van der Waals surface area contributed by atoms with Gasteiger partial charge in [-0.05, 0) is 37.5 Å². The smallest absolute Gasteiger partial charge is 0.164 e. The summed E-state index contributed by atoms with van der Waals surface area (Å²) in [5, 5.41) is 10.5. The molecule has 0 saturated heterocycles. The van der Waals surface area contributed by atoms with Crippen LogP contribution in [0, 0.1) is 11.8 Å². The van der Waals surface area contributed by atoms with Gasteiger partial charge >= 0.3 is 0 Å². The Morgan fingerprint density at radius 2 is 1.94 bits per heavy atom. The summed E-state index contributed by atoms with van der Waals surface area (Å²) in [6.07, 6.45) is 8.49. The molecule has 1 atom stereocenters. The van der Waals surface area contributed by atoms with Gasteiger partial charge in [0.15, 0.2) is 5.78 Å². The highest BCUT2D eigenvalue weighted by Crippen LogP contribution is 2.34. The first-order valence-corrected chi connectivity index (χ1v) is 7.77. The maximum absolute atomic E-state index is 12.3. The average Bonchev–Trinajstić information content (AvgIpc) is 2.37. The molecule has 106 valence electrons. The van der Waals surface area contributed by atoms with Crippen molar-refractivity contribution in [2.24, 2.45) is 11.8 Å². The van der Waals surface area contributed by atoms with E-state index in [-0.39, 0.29) is 5.78 Å². The zero-order chi connectivity index (χ0) is 13.6. The van der Waals surface area contributed by atoms with Crippen molar-refractivity contribution >= 4 is 5.78 Å². The summed E-state index contributed by atoms with van der Waals surface area (Å²) < 4.78 is 0. The number of carbonyl (C=O) groups is 1. The first-order valence-electron chi connectivity index (χ1n) is 7.77.